The number of unbranched alkanes of at least 4 members (excludes halogenated alkanes) is 3. The Kier molecular flexibility index (Phi) is 6.41. The van der Waals surface area contributed by atoms with E-state index in [4.69, 9.17) is 0 Å². The lowest BCUT2D eigenvalue weighted by Crippen LogP contribution is -2.19. The largest absolute Gasteiger partial charge is 0.382 e. The fourth-order valence-electron chi connectivity index (χ4n) is 3.20. The molecular weight excluding hydrogens is 256 g/mol. The van der Waals surface area contributed by atoms with Gasteiger partial charge in [0.25, 0.3) is 0 Å². The summed E-state index contributed by atoms with van der Waals surface area (Å²) < 4.78 is 0. The first-order valence-electron chi connectivity index (χ1n) is 8.83. The molecule has 2 heteroatoms. The third-order valence-electron chi connectivity index (χ3n) is 4.57. The van der Waals surface area contributed by atoms with E-state index in [2.05, 4.69) is 49.2 Å². The molecule has 1 aliphatic heterocycles. The molecule has 0 bridgehead atoms. The molecular formula is C19H32N2. The summed E-state index contributed by atoms with van der Waals surface area (Å²) in [6.45, 7) is 9.25. The molecule has 1 aromatic carbocycles. The molecule has 1 atom stereocenters. The van der Waals surface area contributed by atoms with Gasteiger partial charge < -0.3 is 10.2 Å². The Morgan fingerprint density at radius 3 is 2.57 bits per heavy atom. The molecule has 1 aromatic rings. The molecule has 0 aliphatic carbocycles. The first-order chi connectivity index (χ1) is 10.2. The van der Waals surface area contributed by atoms with Crippen molar-refractivity contribution in [3.63, 3.8) is 0 Å². The maximum atomic E-state index is 3.69. The van der Waals surface area contributed by atoms with Crippen LogP contribution in [0.3, 0.4) is 0 Å². The quantitative estimate of drug-likeness (QED) is 0.647. The van der Waals surface area contributed by atoms with Crippen LogP contribution in [-0.2, 0) is 0 Å². The van der Waals surface area contributed by atoms with Gasteiger partial charge in [0.1, 0.15) is 0 Å². The van der Waals surface area contributed by atoms with Gasteiger partial charge in [-0.25, -0.2) is 0 Å². The van der Waals surface area contributed by atoms with Gasteiger partial charge in [-0.2, -0.15) is 0 Å². The lowest BCUT2D eigenvalue weighted by Gasteiger charge is -2.21. The Hall–Kier alpha value is -1.18. The maximum absolute atomic E-state index is 3.69. The van der Waals surface area contributed by atoms with Crippen LogP contribution >= 0.6 is 0 Å². The number of rotatable bonds is 8. The second kappa shape index (κ2) is 8.31. The average Bonchev–Trinajstić information content (AvgIpc) is 3.00. The molecule has 1 saturated heterocycles. The van der Waals surface area contributed by atoms with Crippen molar-refractivity contribution in [1.29, 1.82) is 0 Å². The fraction of sp³-hybridized carbons (Fsp3) is 0.684. The monoisotopic (exact) mass is 288 g/mol. The van der Waals surface area contributed by atoms with Crippen LogP contribution in [0, 0.1) is 6.92 Å². The number of hydrogen-bond donors (Lipinski definition) is 1. The molecule has 0 amide bonds. The van der Waals surface area contributed by atoms with Crippen LogP contribution in [0.2, 0.25) is 0 Å². The summed E-state index contributed by atoms with van der Waals surface area (Å²) in [7, 11) is 0. The molecule has 2 nitrogen and oxygen atoms in total. The second-order valence-electron chi connectivity index (χ2n) is 6.59. The van der Waals surface area contributed by atoms with Crippen LogP contribution in [0.4, 0.5) is 11.4 Å². The molecule has 1 fully saturated rings. The highest BCUT2D eigenvalue weighted by atomic mass is 15.1. The van der Waals surface area contributed by atoms with E-state index < -0.39 is 0 Å². The molecule has 1 unspecified atom stereocenters. The van der Waals surface area contributed by atoms with Crippen LogP contribution in [0.5, 0.6) is 0 Å². The zero-order chi connectivity index (χ0) is 15.1. The van der Waals surface area contributed by atoms with Gasteiger partial charge in [-0.05, 0) is 56.9 Å². The molecule has 0 saturated carbocycles. The number of nitrogens with zero attached hydrogens (tertiary/aromatic N) is 1. The highest BCUT2D eigenvalue weighted by Crippen LogP contribution is 2.26. The van der Waals surface area contributed by atoms with Gasteiger partial charge in [0.2, 0.25) is 0 Å². The number of nitrogens with one attached hydrogen (secondary N) is 1. The van der Waals surface area contributed by atoms with E-state index in [0.29, 0.717) is 6.04 Å². The molecule has 1 N–H and O–H groups in total. The summed E-state index contributed by atoms with van der Waals surface area (Å²) >= 11 is 0. The van der Waals surface area contributed by atoms with Crippen molar-refractivity contribution < 1.29 is 0 Å². The van der Waals surface area contributed by atoms with Crippen molar-refractivity contribution in [3.05, 3.63) is 23.8 Å². The van der Waals surface area contributed by atoms with Gasteiger partial charge in [0.15, 0.2) is 0 Å². The molecule has 0 aromatic heterocycles. The fourth-order valence-corrected chi connectivity index (χ4v) is 3.20. The number of hydrogen-bond acceptors (Lipinski definition) is 2. The van der Waals surface area contributed by atoms with Crippen molar-refractivity contribution in [2.24, 2.45) is 0 Å². The number of benzene rings is 1. The zero-order valence-corrected chi connectivity index (χ0v) is 14.1. The van der Waals surface area contributed by atoms with Crippen LogP contribution < -0.4 is 10.2 Å². The predicted molar refractivity (Wildman–Crippen MR) is 94.5 cm³/mol. The Labute approximate surface area is 130 Å². The molecule has 21 heavy (non-hydrogen) atoms. The first-order valence-corrected chi connectivity index (χ1v) is 8.83. The van der Waals surface area contributed by atoms with Gasteiger partial charge in [-0.1, -0.05) is 32.6 Å². The van der Waals surface area contributed by atoms with E-state index in [0.717, 1.165) is 0 Å². The lowest BCUT2D eigenvalue weighted by molar-refractivity contribution is 0.594. The predicted octanol–water partition coefficient (Wildman–Crippen LogP) is 5.37. The minimum atomic E-state index is 0.568. The number of aryl methyl sites for hydroxylation is 1. The van der Waals surface area contributed by atoms with E-state index in [1.165, 1.54) is 75.0 Å². The van der Waals surface area contributed by atoms with E-state index in [-0.39, 0.29) is 0 Å². The SMILES string of the molecule is CCCCCCC(C)Nc1ccc(N2CCCC2)cc1C. The molecule has 118 valence electrons. The highest BCUT2D eigenvalue weighted by Gasteiger charge is 2.13. The van der Waals surface area contributed by atoms with Gasteiger partial charge in [-0.3, -0.25) is 0 Å². The number of anilines is 2. The van der Waals surface area contributed by atoms with Crippen molar-refractivity contribution in [2.75, 3.05) is 23.3 Å². The molecule has 1 aliphatic rings. The summed E-state index contributed by atoms with van der Waals surface area (Å²) in [6.07, 6.45) is 9.35. The van der Waals surface area contributed by atoms with Gasteiger partial charge >= 0.3 is 0 Å². The zero-order valence-electron chi connectivity index (χ0n) is 14.1. The second-order valence-corrected chi connectivity index (χ2v) is 6.59. The summed E-state index contributed by atoms with van der Waals surface area (Å²) in [5.41, 5.74) is 4.08. The minimum Gasteiger partial charge on any atom is -0.382 e. The molecule has 0 spiro atoms. The van der Waals surface area contributed by atoms with Gasteiger partial charge in [-0.15, -0.1) is 0 Å². The Bertz CT molecular complexity index is 422. The highest BCUT2D eigenvalue weighted by molar-refractivity contribution is 5.60. The first kappa shape index (κ1) is 16.2. The van der Waals surface area contributed by atoms with Crippen molar-refractivity contribution >= 4 is 11.4 Å². The third-order valence-corrected chi connectivity index (χ3v) is 4.57. The van der Waals surface area contributed by atoms with Crippen LogP contribution in [0.25, 0.3) is 0 Å². The van der Waals surface area contributed by atoms with E-state index in [1.54, 1.807) is 0 Å². The van der Waals surface area contributed by atoms with E-state index >= 15 is 0 Å². The molecule has 0 radical (unpaired) electrons. The topological polar surface area (TPSA) is 15.3 Å². The van der Waals surface area contributed by atoms with E-state index in [9.17, 15) is 0 Å². The van der Waals surface area contributed by atoms with Crippen LogP contribution in [0.1, 0.15) is 64.4 Å². The van der Waals surface area contributed by atoms with Crippen molar-refractivity contribution in [3.8, 4) is 0 Å². The standard InChI is InChI=1S/C19H32N2/c1-4-5-6-7-10-17(3)20-19-12-11-18(15-16(19)2)21-13-8-9-14-21/h11-12,15,17,20H,4-10,13-14H2,1-3H3. The lowest BCUT2D eigenvalue weighted by atomic mass is 10.1. The Balaban J connectivity index is 1.85. The van der Waals surface area contributed by atoms with Gasteiger partial charge in [0.05, 0.1) is 0 Å². The smallest absolute Gasteiger partial charge is 0.0373 e. The van der Waals surface area contributed by atoms with E-state index in [1.807, 2.05) is 0 Å². The van der Waals surface area contributed by atoms with Crippen LogP contribution in [-0.4, -0.2) is 19.1 Å². The van der Waals surface area contributed by atoms with Crippen LogP contribution in [0.15, 0.2) is 18.2 Å². The minimum absolute atomic E-state index is 0.568. The normalized spacial score (nSPS) is 16.2. The maximum Gasteiger partial charge on any atom is 0.0373 e. The van der Waals surface area contributed by atoms with Gasteiger partial charge in [0, 0.05) is 30.5 Å². The molecule has 1 heterocycles. The van der Waals surface area contributed by atoms with Crippen molar-refractivity contribution in [2.45, 2.75) is 71.8 Å². The summed E-state index contributed by atoms with van der Waals surface area (Å²) in [5.74, 6) is 0. The Morgan fingerprint density at radius 1 is 1.14 bits per heavy atom. The summed E-state index contributed by atoms with van der Waals surface area (Å²) in [4.78, 5) is 2.50. The summed E-state index contributed by atoms with van der Waals surface area (Å²) in [6, 6.07) is 7.46. The average molecular weight is 288 g/mol. The molecule has 2 rings (SSSR count). The summed E-state index contributed by atoms with van der Waals surface area (Å²) in [5, 5.41) is 3.69. The van der Waals surface area contributed by atoms with Crippen molar-refractivity contribution in [1.82, 2.24) is 0 Å². The Morgan fingerprint density at radius 2 is 1.90 bits per heavy atom. The third kappa shape index (κ3) is 4.94.